The summed E-state index contributed by atoms with van der Waals surface area (Å²) in [6.45, 7) is 0.130. The van der Waals surface area contributed by atoms with Crippen molar-refractivity contribution in [3.63, 3.8) is 0 Å². The second kappa shape index (κ2) is 7.17. The fourth-order valence-electron chi connectivity index (χ4n) is 2.91. The molecule has 0 saturated heterocycles. The van der Waals surface area contributed by atoms with Crippen molar-refractivity contribution in [3.05, 3.63) is 76.1 Å². The molecule has 3 aromatic heterocycles. The monoisotopic (exact) mass is 417 g/mol. The highest BCUT2D eigenvalue weighted by atomic mass is 19.4. The van der Waals surface area contributed by atoms with Gasteiger partial charge in [0.2, 0.25) is 5.95 Å². The van der Waals surface area contributed by atoms with E-state index in [9.17, 15) is 22.8 Å². The fraction of sp³-hybridized carbons (Fsp3) is 0.158. The SMILES string of the molecule is Cn1nc(C(=O)Nc2nc3cc(C(F)(F)F)ccc3n2Cc2ccco2)ccc1=O. The van der Waals surface area contributed by atoms with Gasteiger partial charge in [0.05, 0.1) is 29.4 Å². The van der Waals surface area contributed by atoms with E-state index in [1.807, 2.05) is 0 Å². The summed E-state index contributed by atoms with van der Waals surface area (Å²) in [5.41, 5.74) is -0.862. The van der Waals surface area contributed by atoms with Gasteiger partial charge in [-0.3, -0.25) is 14.9 Å². The maximum absolute atomic E-state index is 13.1. The number of furan rings is 1. The number of carbonyl (C=O) groups excluding carboxylic acids is 1. The first-order valence-electron chi connectivity index (χ1n) is 8.68. The van der Waals surface area contributed by atoms with Crippen LogP contribution in [0, 0.1) is 0 Å². The molecule has 1 amide bonds. The van der Waals surface area contributed by atoms with Crippen molar-refractivity contribution in [2.24, 2.45) is 7.05 Å². The smallest absolute Gasteiger partial charge is 0.416 e. The molecule has 0 fully saturated rings. The predicted molar refractivity (Wildman–Crippen MR) is 100.0 cm³/mol. The molecule has 0 aliphatic heterocycles. The number of amides is 1. The zero-order valence-corrected chi connectivity index (χ0v) is 15.5. The lowest BCUT2D eigenvalue weighted by molar-refractivity contribution is -0.137. The minimum atomic E-state index is -4.53. The van der Waals surface area contributed by atoms with Gasteiger partial charge in [0.1, 0.15) is 11.5 Å². The summed E-state index contributed by atoms with van der Waals surface area (Å²) in [6.07, 6.45) is -3.07. The Balaban J connectivity index is 1.77. The van der Waals surface area contributed by atoms with Crippen molar-refractivity contribution < 1.29 is 22.4 Å². The Labute approximate surface area is 166 Å². The van der Waals surface area contributed by atoms with Crippen LogP contribution in [-0.4, -0.2) is 25.2 Å². The Bertz CT molecular complexity index is 1290. The number of aromatic nitrogens is 4. The van der Waals surface area contributed by atoms with E-state index in [1.54, 1.807) is 12.1 Å². The van der Waals surface area contributed by atoms with E-state index in [0.717, 1.165) is 16.8 Å². The number of imidazole rings is 1. The van der Waals surface area contributed by atoms with Crippen LogP contribution in [0.15, 0.2) is 57.9 Å². The van der Waals surface area contributed by atoms with Gasteiger partial charge in [-0.2, -0.15) is 18.3 Å². The first kappa shape index (κ1) is 19.4. The Morgan fingerprint density at radius 1 is 1.20 bits per heavy atom. The summed E-state index contributed by atoms with van der Waals surface area (Å²) in [5, 5.41) is 6.41. The van der Waals surface area contributed by atoms with Crippen LogP contribution in [0.3, 0.4) is 0 Å². The Morgan fingerprint density at radius 2 is 2.00 bits per heavy atom. The van der Waals surface area contributed by atoms with Gasteiger partial charge in [0.15, 0.2) is 0 Å². The molecule has 3 heterocycles. The quantitative estimate of drug-likeness (QED) is 0.551. The summed E-state index contributed by atoms with van der Waals surface area (Å²) in [7, 11) is 1.39. The van der Waals surface area contributed by atoms with Crippen molar-refractivity contribution in [1.82, 2.24) is 19.3 Å². The normalized spacial score (nSPS) is 11.7. The lowest BCUT2D eigenvalue weighted by atomic mass is 10.2. The molecular formula is C19H14F3N5O3. The van der Waals surface area contributed by atoms with Crippen LogP contribution in [0.2, 0.25) is 0 Å². The number of fused-ring (bicyclic) bond motifs is 1. The number of aryl methyl sites for hydroxylation is 1. The van der Waals surface area contributed by atoms with Gasteiger partial charge >= 0.3 is 6.18 Å². The lowest BCUT2D eigenvalue weighted by Gasteiger charge is -2.09. The van der Waals surface area contributed by atoms with E-state index in [2.05, 4.69) is 15.4 Å². The van der Waals surface area contributed by atoms with Gasteiger partial charge in [-0.15, -0.1) is 0 Å². The van der Waals surface area contributed by atoms with Crippen LogP contribution in [0.1, 0.15) is 21.8 Å². The van der Waals surface area contributed by atoms with E-state index in [-0.39, 0.29) is 23.7 Å². The summed E-state index contributed by atoms with van der Waals surface area (Å²) < 4.78 is 47.1. The second-order valence-electron chi connectivity index (χ2n) is 6.44. The topological polar surface area (TPSA) is 95.0 Å². The highest BCUT2D eigenvalue weighted by Crippen LogP contribution is 2.32. The fourth-order valence-corrected chi connectivity index (χ4v) is 2.91. The largest absolute Gasteiger partial charge is 0.467 e. The molecule has 1 aromatic carbocycles. The average molecular weight is 417 g/mol. The van der Waals surface area contributed by atoms with Gasteiger partial charge in [-0.1, -0.05) is 0 Å². The first-order chi connectivity index (χ1) is 14.2. The van der Waals surface area contributed by atoms with Gasteiger partial charge in [-0.25, -0.2) is 9.67 Å². The molecule has 0 unspecified atom stereocenters. The number of benzene rings is 1. The molecule has 0 aliphatic rings. The van der Waals surface area contributed by atoms with E-state index in [4.69, 9.17) is 4.42 Å². The number of carbonyl (C=O) groups is 1. The number of rotatable bonds is 4. The van der Waals surface area contributed by atoms with Crippen LogP contribution in [0.5, 0.6) is 0 Å². The Kier molecular flexibility index (Phi) is 4.65. The van der Waals surface area contributed by atoms with Crippen molar-refractivity contribution in [3.8, 4) is 0 Å². The minimum absolute atomic E-state index is 0.0152. The molecule has 4 aromatic rings. The molecule has 8 nitrogen and oxygen atoms in total. The summed E-state index contributed by atoms with van der Waals surface area (Å²) in [4.78, 5) is 28.2. The number of alkyl halides is 3. The number of nitrogens with zero attached hydrogens (tertiary/aromatic N) is 4. The molecule has 30 heavy (non-hydrogen) atoms. The van der Waals surface area contributed by atoms with E-state index in [0.29, 0.717) is 11.3 Å². The maximum atomic E-state index is 13.1. The number of halogens is 3. The number of nitrogens with one attached hydrogen (secondary N) is 1. The molecule has 0 bridgehead atoms. The Morgan fingerprint density at radius 3 is 2.67 bits per heavy atom. The van der Waals surface area contributed by atoms with Crippen LogP contribution >= 0.6 is 0 Å². The zero-order chi connectivity index (χ0) is 21.5. The zero-order valence-electron chi connectivity index (χ0n) is 15.5. The number of hydrogen-bond donors (Lipinski definition) is 1. The first-order valence-corrected chi connectivity index (χ1v) is 8.68. The summed E-state index contributed by atoms with van der Waals surface area (Å²) in [6, 6.07) is 8.94. The maximum Gasteiger partial charge on any atom is 0.416 e. The van der Waals surface area contributed by atoms with Crippen molar-refractivity contribution >= 4 is 22.9 Å². The van der Waals surface area contributed by atoms with Gasteiger partial charge in [-0.05, 0) is 36.4 Å². The molecule has 0 radical (unpaired) electrons. The summed E-state index contributed by atoms with van der Waals surface area (Å²) >= 11 is 0. The van der Waals surface area contributed by atoms with E-state index >= 15 is 0 Å². The van der Waals surface area contributed by atoms with Gasteiger partial charge < -0.3 is 8.98 Å². The highest BCUT2D eigenvalue weighted by Gasteiger charge is 2.31. The third-order valence-electron chi connectivity index (χ3n) is 4.39. The summed E-state index contributed by atoms with van der Waals surface area (Å²) in [5.74, 6) is -0.135. The molecule has 0 aliphatic carbocycles. The van der Waals surface area contributed by atoms with E-state index in [1.165, 1.54) is 36.1 Å². The minimum Gasteiger partial charge on any atom is -0.467 e. The van der Waals surface area contributed by atoms with Gasteiger partial charge in [0, 0.05) is 13.1 Å². The third kappa shape index (κ3) is 3.69. The molecule has 154 valence electrons. The van der Waals surface area contributed by atoms with Crippen LogP contribution in [0.4, 0.5) is 19.1 Å². The lowest BCUT2D eigenvalue weighted by Crippen LogP contribution is -2.24. The van der Waals surface area contributed by atoms with E-state index < -0.39 is 23.2 Å². The van der Waals surface area contributed by atoms with Crippen molar-refractivity contribution in [2.75, 3.05) is 5.32 Å². The highest BCUT2D eigenvalue weighted by molar-refractivity contribution is 6.02. The third-order valence-corrected chi connectivity index (χ3v) is 4.39. The standard InChI is InChI=1S/C19H14F3N5O3/c1-26-16(28)7-5-13(25-26)17(29)24-18-23-14-9-11(19(20,21)22)4-6-15(14)27(18)10-12-3-2-8-30-12/h2-9H,10H2,1H3,(H,23,24,29). The molecule has 1 N–H and O–H groups in total. The second-order valence-corrected chi connectivity index (χ2v) is 6.44. The van der Waals surface area contributed by atoms with Gasteiger partial charge in [0.25, 0.3) is 11.5 Å². The number of hydrogen-bond acceptors (Lipinski definition) is 5. The van der Waals surface area contributed by atoms with Crippen LogP contribution in [0.25, 0.3) is 11.0 Å². The predicted octanol–water partition coefficient (Wildman–Crippen LogP) is 3.04. The molecule has 0 saturated carbocycles. The number of anilines is 1. The van der Waals surface area contributed by atoms with Crippen LogP contribution < -0.4 is 10.9 Å². The molecule has 11 heteroatoms. The molecular weight excluding hydrogens is 403 g/mol. The molecule has 4 rings (SSSR count). The Hall–Kier alpha value is -3.89. The molecule has 0 atom stereocenters. The van der Waals surface area contributed by atoms with Crippen molar-refractivity contribution in [1.29, 1.82) is 0 Å². The van der Waals surface area contributed by atoms with Crippen molar-refractivity contribution in [2.45, 2.75) is 12.7 Å². The average Bonchev–Trinajstić information content (AvgIpc) is 3.31. The molecule has 0 spiro atoms. The van der Waals surface area contributed by atoms with Crippen LogP contribution in [-0.2, 0) is 19.8 Å².